The van der Waals surface area contributed by atoms with Crippen LogP contribution in [0.15, 0.2) is 48.8 Å². The van der Waals surface area contributed by atoms with Gasteiger partial charge in [-0.05, 0) is 51.1 Å². The fraction of sp³-hybridized carbons (Fsp3) is 0.316. The van der Waals surface area contributed by atoms with E-state index in [1.165, 1.54) is 28.0 Å². The molecule has 0 unspecified atom stereocenters. The van der Waals surface area contributed by atoms with Crippen molar-refractivity contribution in [3.8, 4) is 0 Å². The molecule has 0 radical (unpaired) electrons. The van der Waals surface area contributed by atoms with Crippen LogP contribution in [0.4, 0.5) is 0 Å². The Bertz CT molecular complexity index is 757. The molecule has 3 heteroatoms. The molecule has 3 aromatic rings. The third kappa shape index (κ3) is 3.04. The topological polar surface area (TPSA) is 20.5 Å². The molecule has 0 aliphatic rings. The lowest BCUT2D eigenvalue weighted by atomic mass is 10.1. The standard InChI is InChI=1S/C19H23N3/c1-15-13-18-17(10-9-16-7-5-4-6-8-16)20-11-12-22(18)19(15)14-21(2)3/h4-8,11-13H,9-10,14H2,1-3H3. The van der Waals surface area contributed by atoms with Gasteiger partial charge in [0.25, 0.3) is 0 Å². The first kappa shape index (κ1) is 14.8. The largest absolute Gasteiger partial charge is 0.316 e. The van der Waals surface area contributed by atoms with Gasteiger partial charge in [-0.3, -0.25) is 4.98 Å². The van der Waals surface area contributed by atoms with Crippen LogP contribution in [-0.4, -0.2) is 28.4 Å². The van der Waals surface area contributed by atoms with Crippen LogP contribution >= 0.6 is 0 Å². The Morgan fingerprint density at radius 2 is 1.86 bits per heavy atom. The van der Waals surface area contributed by atoms with Gasteiger partial charge in [-0.25, -0.2) is 0 Å². The van der Waals surface area contributed by atoms with Crippen LogP contribution in [0.2, 0.25) is 0 Å². The monoisotopic (exact) mass is 293 g/mol. The van der Waals surface area contributed by atoms with Crippen molar-refractivity contribution in [1.29, 1.82) is 0 Å². The van der Waals surface area contributed by atoms with E-state index in [9.17, 15) is 0 Å². The molecular weight excluding hydrogens is 270 g/mol. The summed E-state index contributed by atoms with van der Waals surface area (Å²) in [5.74, 6) is 0. The lowest BCUT2D eigenvalue weighted by molar-refractivity contribution is 0.394. The Hall–Kier alpha value is -2.13. The molecule has 2 aromatic heterocycles. The summed E-state index contributed by atoms with van der Waals surface area (Å²) in [7, 11) is 4.21. The highest BCUT2D eigenvalue weighted by Crippen LogP contribution is 2.20. The van der Waals surface area contributed by atoms with Gasteiger partial charge >= 0.3 is 0 Å². The zero-order valence-corrected chi connectivity index (χ0v) is 13.6. The zero-order chi connectivity index (χ0) is 15.5. The van der Waals surface area contributed by atoms with Crippen LogP contribution in [0.3, 0.4) is 0 Å². The molecule has 0 saturated carbocycles. The van der Waals surface area contributed by atoms with Crippen molar-refractivity contribution < 1.29 is 0 Å². The predicted molar refractivity (Wildman–Crippen MR) is 91.2 cm³/mol. The van der Waals surface area contributed by atoms with Crippen molar-refractivity contribution >= 4 is 5.52 Å². The number of hydrogen-bond acceptors (Lipinski definition) is 2. The summed E-state index contributed by atoms with van der Waals surface area (Å²) < 4.78 is 2.29. The molecule has 0 spiro atoms. The van der Waals surface area contributed by atoms with Crippen molar-refractivity contribution in [1.82, 2.24) is 14.3 Å². The first-order valence-corrected chi connectivity index (χ1v) is 7.78. The van der Waals surface area contributed by atoms with Gasteiger partial charge in [-0.1, -0.05) is 30.3 Å². The van der Waals surface area contributed by atoms with E-state index in [4.69, 9.17) is 0 Å². The second kappa shape index (κ2) is 6.32. The van der Waals surface area contributed by atoms with E-state index >= 15 is 0 Å². The summed E-state index contributed by atoms with van der Waals surface area (Å²) in [6.45, 7) is 3.13. The van der Waals surface area contributed by atoms with E-state index in [0.29, 0.717) is 0 Å². The van der Waals surface area contributed by atoms with E-state index in [2.05, 4.69) is 77.9 Å². The van der Waals surface area contributed by atoms with Crippen LogP contribution in [0.5, 0.6) is 0 Å². The molecule has 22 heavy (non-hydrogen) atoms. The van der Waals surface area contributed by atoms with E-state index < -0.39 is 0 Å². The summed E-state index contributed by atoms with van der Waals surface area (Å²) in [5.41, 5.74) is 6.47. The van der Waals surface area contributed by atoms with Crippen molar-refractivity contribution in [2.75, 3.05) is 14.1 Å². The molecule has 0 aliphatic carbocycles. The molecule has 3 rings (SSSR count). The summed E-state index contributed by atoms with van der Waals surface area (Å²) in [6.07, 6.45) is 6.00. The molecule has 0 fully saturated rings. The molecule has 2 heterocycles. The summed E-state index contributed by atoms with van der Waals surface area (Å²) in [6, 6.07) is 12.9. The average molecular weight is 293 g/mol. The Morgan fingerprint density at radius 3 is 2.59 bits per heavy atom. The SMILES string of the molecule is Cc1cc2c(CCc3ccccc3)nccn2c1CN(C)C. The van der Waals surface area contributed by atoms with Gasteiger partial charge < -0.3 is 9.30 Å². The molecule has 1 aromatic carbocycles. The van der Waals surface area contributed by atoms with Gasteiger partial charge in [-0.15, -0.1) is 0 Å². The maximum Gasteiger partial charge on any atom is 0.0672 e. The van der Waals surface area contributed by atoms with Crippen molar-refractivity contribution in [2.24, 2.45) is 0 Å². The van der Waals surface area contributed by atoms with E-state index in [0.717, 1.165) is 19.4 Å². The van der Waals surface area contributed by atoms with Gasteiger partial charge in [0.15, 0.2) is 0 Å². The second-order valence-electron chi connectivity index (χ2n) is 6.13. The third-order valence-corrected chi connectivity index (χ3v) is 4.06. The fourth-order valence-corrected chi connectivity index (χ4v) is 2.94. The molecule has 0 N–H and O–H groups in total. The average Bonchev–Trinajstić information content (AvgIpc) is 2.82. The minimum absolute atomic E-state index is 0.947. The molecule has 3 nitrogen and oxygen atoms in total. The molecule has 0 amide bonds. The minimum Gasteiger partial charge on any atom is -0.316 e. The Morgan fingerprint density at radius 1 is 1.09 bits per heavy atom. The number of aryl methyl sites for hydroxylation is 3. The maximum atomic E-state index is 4.62. The predicted octanol–water partition coefficient (Wildman–Crippen LogP) is 3.49. The van der Waals surface area contributed by atoms with Crippen molar-refractivity contribution in [3.63, 3.8) is 0 Å². The molecular formula is C19H23N3. The maximum absolute atomic E-state index is 4.62. The van der Waals surface area contributed by atoms with Gasteiger partial charge in [0.05, 0.1) is 11.2 Å². The third-order valence-electron chi connectivity index (χ3n) is 4.06. The fourth-order valence-electron chi connectivity index (χ4n) is 2.94. The highest BCUT2D eigenvalue weighted by molar-refractivity contribution is 5.57. The molecule has 0 bridgehead atoms. The van der Waals surface area contributed by atoms with Crippen LogP contribution in [-0.2, 0) is 19.4 Å². The number of fused-ring (bicyclic) bond motifs is 1. The Balaban J connectivity index is 1.90. The van der Waals surface area contributed by atoms with Crippen LogP contribution in [0, 0.1) is 6.92 Å². The molecule has 0 saturated heterocycles. The summed E-state index contributed by atoms with van der Waals surface area (Å²) in [5, 5.41) is 0. The Kier molecular flexibility index (Phi) is 4.25. The molecule has 0 aliphatic heterocycles. The zero-order valence-electron chi connectivity index (χ0n) is 13.6. The summed E-state index contributed by atoms with van der Waals surface area (Å²) >= 11 is 0. The lowest BCUT2D eigenvalue weighted by Crippen LogP contribution is -2.13. The number of benzene rings is 1. The first-order chi connectivity index (χ1) is 10.6. The van der Waals surface area contributed by atoms with Crippen LogP contribution < -0.4 is 0 Å². The van der Waals surface area contributed by atoms with Crippen LogP contribution in [0.25, 0.3) is 5.52 Å². The quantitative estimate of drug-likeness (QED) is 0.718. The van der Waals surface area contributed by atoms with E-state index in [1.807, 2.05) is 6.20 Å². The molecule has 0 atom stereocenters. The van der Waals surface area contributed by atoms with Crippen molar-refractivity contribution in [2.45, 2.75) is 26.3 Å². The first-order valence-electron chi connectivity index (χ1n) is 7.78. The number of rotatable bonds is 5. The van der Waals surface area contributed by atoms with Crippen molar-refractivity contribution in [3.05, 3.63) is 71.3 Å². The highest BCUT2D eigenvalue weighted by atomic mass is 15.1. The number of hydrogen-bond donors (Lipinski definition) is 0. The second-order valence-corrected chi connectivity index (χ2v) is 6.13. The smallest absolute Gasteiger partial charge is 0.0672 e. The summed E-state index contributed by atoms with van der Waals surface area (Å²) in [4.78, 5) is 6.83. The van der Waals surface area contributed by atoms with Gasteiger partial charge in [-0.2, -0.15) is 0 Å². The molecule has 114 valence electrons. The Labute approximate surface area is 132 Å². The normalized spacial score (nSPS) is 11.5. The van der Waals surface area contributed by atoms with Gasteiger partial charge in [0, 0.05) is 24.6 Å². The number of aromatic nitrogens is 2. The number of nitrogens with zero attached hydrogens (tertiary/aromatic N) is 3. The minimum atomic E-state index is 0.947. The lowest BCUT2D eigenvalue weighted by Gasteiger charge is -2.12. The highest BCUT2D eigenvalue weighted by Gasteiger charge is 2.11. The van der Waals surface area contributed by atoms with E-state index in [1.54, 1.807) is 0 Å². The van der Waals surface area contributed by atoms with Gasteiger partial charge in [0.1, 0.15) is 0 Å². The van der Waals surface area contributed by atoms with Crippen LogP contribution in [0.1, 0.15) is 22.5 Å². The van der Waals surface area contributed by atoms with Gasteiger partial charge in [0.2, 0.25) is 0 Å². The van der Waals surface area contributed by atoms with E-state index in [-0.39, 0.29) is 0 Å².